The minimum Gasteiger partial charge on any atom is -0.337 e. The number of halogens is 3. The summed E-state index contributed by atoms with van der Waals surface area (Å²) >= 11 is 0. The van der Waals surface area contributed by atoms with Gasteiger partial charge < -0.3 is 15.1 Å². The number of rotatable bonds is 5. The van der Waals surface area contributed by atoms with Crippen LogP contribution in [0.5, 0.6) is 0 Å². The summed E-state index contributed by atoms with van der Waals surface area (Å²) in [7, 11) is 0. The van der Waals surface area contributed by atoms with Gasteiger partial charge in [-0.25, -0.2) is 28.0 Å². The lowest BCUT2D eigenvalue weighted by molar-refractivity contribution is -0.117. The normalized spacial score (nSPS) is 20.1. The smallest absolute Gasteiger partial charge is 0.337 e. The number of carbonyl (C=O) groups excluding carboxylic acids is 2. The van der Waals surface area contributed by atoms with Crippen LogP contribution in [0.15, 0.2) is 29.5 Å². The Bertz CT molecular complexity index is 1180. The van der Waals surface area contributed by atoms with Gasteiger partial charge in [-0.1, -0.05) is 12.8 Å². The highest BCUT2D eigenvalue weighted by molar-refractivity contribution is 5.90. The highest BCUT2D eigenvalue weighted by Gasteiger charge is 2.34. The zero-order chi connectivity index (χ0) is 25.9. The molecule has 1 saturated heterocycles. The second-order valence-electron chi connectivity index (χ2n) is 9.62. The van der Waals surface area contributed by atoms with Crippen molar-refractivity contribution in [3.8, 4) is 0 Å². The maximum Gasteiger partial charge on any atom is 0.341 e. The number of amides is 3. The van der Waals surface area contributed by atoms with Crippen molar-refractivity contribution in [1.82, 2.24) is 19.9 Å². The fourth-order valence-corrected chi connectivity index (χ4v) is 5.14. The molecule has 196 valence electrons. The van der Waals surface area contributed by atoms with E-state index in [9.17, 15) is 22.8 Å². The van der Waals surface area contributed by atoms with Crippen LogP contribution in [0.2, 0.25) is 0 Å². The lowest BCUT2D eigenvalue weighted by atomic mass is 10.0. The van der Waals surface area contributed by atoms with Crippen LogP contribution in [0, 0.1) is 23.4 Å². The first kappa shape index (κ1) is 25.0. The van der Waals surface area contributed by atoms with Crippen molar-refractivity contribution < 1.29 is 22.8 Å². The van der Waals surface area contributed by atoms with Crippen molar-refractivity contribution in [2.75, 3.05) is 36.4 Å². The van der Waals surface area contributed by atoms with Gasteiger partial charge in [0, 0.05) is 51.3 Å². The van der Waals surface area contributed by atoms with Crippen LogP contribution in [0.1, 0.15) is 50.1 Å². The van der Waals surface area contributed by atoms with E-state index in [-0.39, 0.29) is 23.7 Å². The SMILES string of the molecule is O=C(CC1CCCC1)Nc1nc(N2CCN(C(=O)N3N=CC[C@H]3c3cc(F)cc(F)c3)CC2)ncc1F. The Balaban J connectivity index is 1.20. The monoisotopic (exact) mass is 515 g/mol. The number of benzene rings is 1. The van der Waals surface area contributed by atoms with Gasteiger partial charge in [0.25, 0.3) is 0 Å². The zero-order valence-corrected chi connectivity index (χ0v) is 20.2. The molecule has 3 aliphatic rings. The minimum absolute atomic E-state index is 0.150. The van der Waals surface area contributed by atoms with E-state index >= 15 is 0 Å². The second-order valence-corrected chi connectivity index (χ2v) is 9.62. The number of piperazine rings is 1. The number of hydrogen-bond acceptors (Lipinski definition) is 6. The molecule has 3 amide bonds. The van der Waals surface area contributed by atoms with E-state index in [1.165, 1.54) is 17.1 Å². The van der Waals surface area contributed by atoms with Crippen molar-refractivity contribution >= 4 is 29.9 Å². The first-order valence-electron chi connectivity index (χ1n) is 12.5. The molecule has 37 heavy (non-hydrogen) atoms. The molecule has 9 nitrogen and oxygen atoms in total. The number of aromatic nitrogens is 2. The van der Waals surface area contributed by atoms with E-state index in [0.717, 1.165) is 37.9 Å². The highest BCUT2D eigenvalue weighted by Crippen LogP contribution is 2.31. The Labute approximate surface area is 212 Å². The van der Waals surface area contributed by atoms with E-state index in [4.69, 9.17) is 0 Å². The summed E-state index contributed by atoms with van der Waals surface area (Å²) in [4.78, 5) is 37.2. The summed E-state index contributed by atoms with van der Waals surface area (Å²) in [6, 6.07) is 2.23. The summed E-state index contributed by atoms with van der Waals surface area (Å²) in [6.45, 7) is 1.39. The molecule has 2 fully saturated rings. The highest BCUT2D eigenvalue weighted by atomic mass is 19.1. The number of nitrogens with one attached hydrogen (secondary N) is 1. The van der Waals surface area contributed by atoms with Gasteiger partial charge in [0.15, 0.2) is 11.6 Å². The Morgan fingerprint density at radius 1 is 1.00 bits per heavy atom. The maximum atomic E-state index is 14.3. The predicted molar refractivity (Wildman–Crippen MR) is 130 cm³/mol. The Kier molecular flexibility index (Phi) is 7.24. The van der Waals surface area contributed by atoms with Crippen molar-refractivity contribution in [2.24, 2.45) is 11.0 Å². The number of nitrogens with zero attached hydrogens (tertiary/aromatic N) is 6. The van der Waals surface area contributed by atoms with Crippen LogP contribution in [-0.2, 0) is 4.79 Å². The molecule has 2 aromatic rings. The van der Waals surface area contributed by atoms with E-state index in [1.807, 2.05) is 4.90 Å². The molecule has 0 bridgehead atoms. The van der Waals surface area contributed by atoms with Crippen LogP contribution in [0.4, 0.5) is 29.7 Å². The summed E-state index contributed by atoms with van der Waals surface area (Å²) in [5.41, 5.74) is 0.337. The van der Waals surface area contributed by atoms with Gasteiger partial charge in [0.2, 0.25) is 11.9 Å². The molecule has 1 saturated carbocycles. The number of anilines is 2. The molecule has 0 radical (unpaired) electrons. The van der Waals surface area contributed by atoms with Gasteiger partial charge in [-0.15, -0.1) is 0 Å². The molecular formula is C25H28F3N7O2. The molecule has 0 spiro atoms. The predicted octanol–water partition coefficient (Wildman–Crippen LogP) is 4.09. The van der Waals surface area contributed by atoms with Gasteiger partial charge >= 0.3 is 6.03 Å². The Morgan fingerprint density at radius 3 is 2.41 bits per heavy atom. The van der Waals surface area contributed by atoms with Crippen molar-refractivity contribution in [3.63, 3.8) is 0 Å². The van der Waals surface area contributed by atoms with E-state index in [1.54, 1.807) is 11.1 Å². The number of hydrazone groups is 1. The zero-order valence-electron chi connectivity index (χ0n) is 20.2. The van der Waals surface area contributed by atoms with Gasteiger partial charge in [-0.2, -0.15) is 10.1 Å². The fourth-order valence-electron chi connectivity index (χ4n) is 5.14. The maximum absolute atomic E-state index is 14.3. The van der Waals surface area contributed by atoms with Gasteiger partial charge in [-0.3, -0.25) is 4.79 Å². The van der Waals surface area contributed by atoms with Crippen LogP contribution < -0.4 is 10.2 Å². The molecule has 12 heteroatoms. The van der Waals surface area contributed by atoms with E-state index in [0.29, 0.717) is 50.5 Å². The van der Waals surface area contributed by atoms with Crippen molar-refractivity contribution in [1.29, 1.82) is 0 Å². The largest absolute Gasteiger partial charge is 0.341 e. The van der Waals surface area contributed by atoms with Crippen LogP contribution in [-0.4, -0.2) is 64.2 Å². The molecule has 1 N–H and O–H groups in total. The molecule has 1 aliphatic carbocycles. The molecule has 2 aliphatic heterocycles. The van der Waals surface area contributed by atoms with Gasteiger partial charge in [0.1, 0.15) is 11.6 Å². The number of carbonyl (C=O) groups is 2. The molecule has 5 rings (SSSR count). The summed E-state index contributed by atoms with van der Waals surface area (Å²) < 4.78 is 41.7. The third-order valence-electron chi connectivity index (χ3n) is 7.07. The average Bonchev–Trinajstić information content (AvgIpc) is 3.57. The van der Waals surface area contributed by atoms with E-state index < -0.39 is 23.5 Å². The topological polar surface area (TPSA) is 94.0 Å². The summed E-state index contributed by atoms with van der Waals surface area (Å²) in [5, 5.41) is 7.97. The lowest BCUT2D eigenvalue weighted by Gasteiger charge is -2.37. The molecule has 1 aromatic carbocycles. The molecule has 3 heterocycles. The lowest BCUT2D eigenvalue weighted by Crippen LogP contribution is -2.52. The third kappa shape index (κ3) is 5.67. The van der Waals surface area contributed by atoms with Gasteiger partial charge in [0.05, 0.1) is 12.2 Å². The van der Waals surface area contributed by atoms with Crippen LogP contribution >= 0.6 is 0 Å². The Hall–Kier alpha value is -3.70. The first-order valence-corrected chi connectivity index (χ1v) is 12.5. The standard InChI is InChI=1S/C25H28F3N7O2/c26-18-12-17(13-19(27)14-18)21-5-6-30-35(21)25(37)34-9-7-33(8-10-34)24-29-15-20(28)23(32-24)31-22(36)11-16-3-1-2-4-16/h6,12-16,21H,1-5,7-11H2,(H,29,31,32,36)/t21-/m0/s1. The molecule has 1 atom stereocenters. The molecular weight excluding hydrogens is 487 g/mol. The van der Waals surface area contributed by atoms with Crippen molar-refractivity contribution in [3.05, 3.63) is 47.4 Å². The Morgan fingerprint density at radius 2 is 1.70 bits per heavy atom. The van der Waals surface area contributed by atoms with Gasteiger partial charge in [-0.05, 0) is 36.5 Å². The minimum atomic E-state index is -0.712. The van der Waals surface area contributed by atoms with E-state index in [2.05, 4.69) is 20.4 Å². The average molecular weight is 516 g/mol. The molecule has 0 unspecified atom stereocenters. The van der Waals surface area contributed by atoms with Crippen LogP contribution in [0.25, 0.3) is 0 Å². The second kappa shape index (κ2) is 10.7. The number of urea groups is 1. The summed E-state index contributed by atoms with van der Waals surface area (Å²) in [5.74, 6) is -1.95. The first-order chi connectivity index (χ1) is 17.9. The van der Waals surface area contributed by atoms with Crippen molar-refractivity contribution in [2.45, 2.75) is 44.6 Å². The number of hydrogen-bond donors (Lipinski definition) is 1. The third-order valence-corrected chi connectivity index (χ3v) is 7.07. The quantitative estimate of drug-likeness (QED) is 0.648. The van der Waals surface area contributed by atoms with Crippen LogP contribution in [0.3, 0.4) is 0 Å². The molecule has 1 aromatic heterocycles. The fraction of sp³-hybridized carbons (Fsp3) is 0.480. The summed E-state index contributed by atoms with van der Waals surface area (Å²) in [6.07, 6.45) is 7.55.